The lowest BCUT2D eigenvalue weighted by molar-refractivity contribution is -0.148. The Labute approximate surface area is 137 Å². The SMILES string of the molecule is O=C(NC1(C(=O)O)CCOCC1)c1ccc(-c2ccc(F)cc2)o1. The smallest absolute Gasteiger partial charge is 0.329 e. The maximum atomic E-state index is 13.0. The lowest BCUT2D eigenvalue weighted by atomic mass is 9.90. The van der Waals surface area contributed by atoms with Gasteiger partial charge in [0.2, 0.25) is 0 Å². The fraction of sp³-hybridized carbons (Fsp3) is 0.294. The summed E-state index contributed by atoms with van der Waals surface area (Å²) in [5.74, 6) is -1.67. The van der Waals surface area contributed by atoms with Gasteiger partial charge < -0.3 is 19.6 Å². The van der Waals surface area contributed by atoms with Gasteiger partial charge in [0.05, 0.1) is 0 Å². The molecule has 1 aliphatic rings. The van der Waals surface area contributed by atoms with Crippen LogP contribution in [0.2, 0.25) is 0 Å². The number of carbonyl (C=O) groups excluding carboxylic acids is 1. The number of hydrogen-bond acceptors (Lipinski definition) is 4. The molecule has 1 aliphatic heterocycles. The van der Waals surface area contributed by atoms with E-state index in [1.807, 2.05) is 0 Å². The summed E-state index contributed by atoms with van der Waals surface area (Å²) in [6.07, 6.45) is 0.388. The molecule has 3 rings (SSSR count). The summed E-state index contributed by atoms with van der Waals surface area (Å²) in [7, 11) is 0. The zero-order valence-electron chi connectivity index (χ0n) is 12.8. The fourth-order valence-electron chi connectivity index (χ4n) is 2.62. The van der Waals surface area contributed by atoms with E-state index in [0.717, 1.165) is 0 Å². The van der Waals surface area contributed by atoms with Crippen molar-refractivity contribution >= 4 is 11.9 Å². The Hall–Kier alpha value is -2.67. The van der Waals surface area contributed by atoms with Crippen LogP contribution in [0.4, 0.5) is 4.39 Å². The fourth-order valence-corrected chi connectivity index (χ4v) is 2.62. The minimum atomic E-state index is -1.35. The molecule has 2 N–H and O–H groups in total. The molecule has 0 atom stereocenters. The first-order valence-electron chi connectivity index (χ1n) is 7.50. The zero-order valence-corrected chi connectivity index (χ0v) is 12.8. The first-order chi connectivity index (χ1) is 11.5. The Morgan fingerprint density at radius 3 is 2.38 bits per heavy atom. The highest BCUT2D eigenvalue weighted by Gasteiger charge is 2.42. The Bertz CT molecular complexity index is 747. The first-order valence-corrected chi connectivity index (χ1v) is 7.50. The number of rotatable bonds is 4. The molecule has 1 aromatic carbocycles. The van der Waals surface area contributed by atoms with Gasteiger partial charge in [-0.2, -0.15) is 0 Å². The number of halogens is 1. The van der Waals surface area contributed by atoms with Crippen LogP contribution < -0.4 is 5.32 Å². The third-order valence-corrected chi connectivity index (χ3v) is 4.07. The molecule has 126 valence electrons. The highest BCUT2D eigenvalue weighted by Crippen LogP contribution is 2.25. The number of hydrogen-bond donors (Lipinski definition) is 2. The number of carboxylic acid groups (broad SMARTS) is 1. The van der Waals surface area contributed by atoms with E-state index in [9.17, 15) is 19.1 Å². The molecule has 1 amide bonds. The van der Waals surface area contributed by atoms with E-state index < -0.39 is 17.4 Å². The van der Waals surface area contributed by atoms with Gasteiger partial charge in [0, 0.05) is 31.6 Å². The molecule has 1 fully saturated rings. The second-order valence-corrected chi connectivity index (χ2v) is 5.62. The number of aliphatic carboxylic acids is 1. The molecule has 0 bridgehead atoms. The zero-order chi connectivity index (χ0) is 17.2. The van der Waals surface area contributed by atoms with Gasteiger partial charge in [0.25, 0.3) is 5.91 Å². The summed E-state index contributed by atoms with van der Waals surface area (Å²) in [4.78, 5) is 23.9. The Balaban J connectivity index is 1.78. The maximum Gasteiger partial charge on any atom is 0.329 e. The van der Waals surface area contributed by atoms with E-state index in [1.54, 1.807) is 6.07 Å². The van der Waals surface area contributed by atoms with Gasteiger partial charge in [0.15, 0.2) is 5.76 Å². The van der Waals surface area contributed by atoms with Crippen LogP contribution in [0.15, 0.2) is 40.8 Å². The molecule has 2 heterocycles. The number of benzene rings is 1. The van der Waals surface area contributed by atoms with E-state index in [1.165, 1.54) is 30.3 Å². The van der Waals surface area contributed by atoms with Crippen molar-refractivity contribution in [3.05, 3.63) is 48.0 Å². The van der Waals surface area contributed by atoms with Crippen LogP contribution in [0.3, 0.4) is 0 Å². The van der Waals surface area contributed by atoms with Gasteiger partial charge in [-0.25, -0.2) is 9.18 Å². The lowest BCUT2D eigenvalue weighted by Gasteiger charge is -2.33. The molecule has 0 aliphatic carbocycles. The molecule has 1 aromatic heterocycles. The predicted molar refractivity (Wildman–Crippen MR) is 82.0 cm³/mol. The van der Waals surface area contributed by atoms with Crippen LogP contribution in [0, 0.1) is 5.82 Å². The van der Waals surface area contributed by atoms with Crippen LogP contribution in [-0.2, 0) is 9.53 Å². The molecule has 0 spiro atoms. The Kier molecular flexibility index (Phi) is 4.35. The van der Waals surface area contributed by atoms with Gasteiger partial charge in [-0.05, 0) is 36.4 Å². The summed E-state index contributed by atoms with van der Waals surface area (Å²) in [5.41, 5.74) is -0.729. The minimum absolute atomic E-state index is 0.00134. The molecule has 2 aromatic rings. The summed E-state index contributed by atoms with van der Waals surface area (Å²) in [6.45, 7) is 0.539. The van der Waals surface area contributed by atoms with Crippen LogP contribution in [-0.4, -0.2) is 35.7 Å². The normalized spacial score (nSPS) is 16.5. The second-order valence-electron chi connectivity index (χ2n) is 5.62. The molecule has 0 radical (unpaired) electrons. The van der Waals surface area contributed by atoms with E-state index >= 15 is 0 Å². The van der Waals surface area contributed by atoms with Gasteiger partial charge in [-0.15, -0.1) is 0 Å². The van der Waals surface area contributed by atoms with Crippen molar-refractivity contribution < 1.29 is 28.2 Å². The van der Waals surface area contributed by atoms with Crippen LogP contribution >= 0.6 is 0 Å². The molecule has 24 heavy (non-hydrogen) atoms. The standard InChI is InChI=1S/C17H16FNO5/c18-12-3-1-11(2-4-12)13-5-6-14(24-13)15(20)19-17(16(21)22)7-9-23-10-8-17/h1-6H,7-10H2,(H,19,20)(H,21,22). The maximum absolute atomic E-state index is 13.0. The van der Waals surface area contributed by atoms with Crippen LogP contribution in [0.1, 0.15) is 23.4 Å². The Morgan fingerprint density at radius 1 is 1.08 bits per heavy atom. The van der Waals surface area contributed by atoms with Crippen molar-refractivity contribution in [3.63, 3.8) is 0 Å². The number of carboxylic acids is 1. The minimum Gasteiger partial charge on any atom is -0.480 e. The van der Waals surface area contributed by atoms with Crippen LogP contribution in [0.25, 0.3) is 11.3 Å². The van der Waals surface area contributed by atoms with E-state index in [4.69, 9.17) is 9.15 Å². The molecular weight excluding hydrogens is 317 g/mol. The summed E-state index contributed by atoms with van der Waals surface area (Å²) in [5, 5.41) is 12.0. The largest absolute Gasteiger partial charge is 0.480 e. The van der Waals surface area contributed by atoms with E-state index in [2.05, 4.69) is 5.32 Å². The van der Waals surface area contributed by atoms with Crippen molar-refractivity contribution in [2.45, 2.75) is 18.4 Å². The molecule has 6 nitrogen and oxygen atoms in total. The quantitative estimate of drug-likeness (QED) is 0.897. The molecule has 1 saturated heterocycles. The van der Waals surface area contributed by atoms with Crippen molar-refractivity contribution in [2.24, 2.45) is 0 Å². The van der Waals surface area contributed by atoms with E-state index in [-0.39, 0.29) is 37.6 Å². The van der Waals surface area contributed by atoms with Crippen molar-refractivity contribution in [2.75, 3.05) is 13.2 Å². The molecular formula is C17H16FNO5. The highest BCUT2D eigenvalue weighted by atomic mass is 19.1. The number of ether oxygens (including phenoxy) is 1. The number of nitrogens with one attached hydrogen (secondary N) is 1. The monoisotopic (exact) mass is 333 g/mol. The number of carbonyl (C=O) groups is 2. The van der Waals surface area contributed by atoms with Gasteiger partial charge in [-0.1, -0.05) is 0 Å². The predicted octanol–water partition coefficient (Wildman–Crippen LogP) is 2.45. The van der Waals surface area contributed by atoms with Crippen molar-refractivity contribution in [3.8, 4) is 11.3 Å². The summed E-state index contributed by atoms with van der Waals surface area (Å²) < 4.78 is 23.6. The summed E-state index contributed by atoms with van der Waals surface area (Å²) >= 11 is 0. The molecule has 7 heteroatoms. The van der Waals surface area contributed by atoms with Crippen molar-refractivity contribution in [1.82, 2.24) is 5.32 Å². The molecule has 0 saturated carbocycles. The lowest BCUT2D eigenvalue weighted by Crippen LogP contribution is -2.57. The highest BCUT2D eigenvalue weighted by molar-refractivity contribution is 5.96. The number of amides is 1. The topological polar surface area (TPSA) is 88.8 Å². The Morgan fingerprint density at radius 2 is 1.75 bits per heavy atom. The van der Waals surface area contributed by atoms with Gasteiger partial charge >= 0.3 is 5.97 Å². The van der Waals surface area contributed by atoms with Gasteiger partial charge in [-0.3, -0.25) is 4.79 Å². The second kappa shape index (κ2) is 6.45. The average molecular weight is 333 g/mol. The third-order valence-electron chi connectivity index (χ3n) is 4.07. The third kappa shape index (κ3) is 3.16. The van der Waals surface area contributed by atoms with Crippen molar-refractivity contribution in [1.29, 1.82) is 0 Å². The number of furan rings is 1. The first kappa shape index (κ1) is 16.2. The average Bonchev–Trinajstić information content (AvgIpc) is 3.06. The molecule has 0 unspecified atom stereocenters. The van der Waals surface area contributed by atoms with Crippen LogP contribution in [0.5, 0.6) is 0 Å². The van der Waals surface area contributed by atoms with E-state index in [0.29, 0.717) is 11.3 Å². The van der Waals surface area contributed by atoms with Gasteiger partial charge in [0.1, 0.15) is 17.1 Å². The summed E-state index contributed by atoms with van der Waals surface area (Å²) in [6, 6.07) is 8.70.